The van der Waals surface area contributed by atoms with E-state index >= 15 is 0 Å². The number of fused-ring (bicyclic) bond motifs is 3. The van der Waals surface area contributed by atoms with Crippen LogP contribution in [0.4, 0.5) is 10.5 Å². The predicted molar refractivity (Wildman–Crippen MR) is 120 cm³/mol. The lowest BCUT2D eigenvalue weighted by atomic mass is 9.71. The van der Waals surface area contributed by atoms with Crippen LogP contribution in [0.15, 0.2) is 41.1 Å². The Bertz CT molecular complexity index is 1380. The van der Waals surface area contributed by atoms with Crippen molar-refractivity contribution >= 4 is 34.7 Å². The Hall–Kier alpha value is -3.73. The van der Waals surface area contributed by atoms with E-state index in [4.69, 9.17) is 4.74 Å². The van der Waals surface area contributed by atoms with Gasteiger partial charge in [0.15, 0.2) is 11.6 Å². The van der Waals surface area contributed by atoms with Gasteiger partial charge in [0, 0.05) is 40.5 Å². The minimum atomic E-state index is -2.28. The first-order valence-electron chi connectivity index (χ1n) is 10.3. The van der Waals surface area contributed by atoms with Crippen molar-refractivity contribution in [1.29, 1.82) is 0 Å². The number of phenols is 2. The molecule has 3 aromatic rings. The molecule has 0 bridgehead atoms. The third-order valence-electron chi connectivity index (χ3n) is 6.08. The van der Waals surface area contributed by atoms with Crippen LogP contribution in [0.25, 0.3) is 0 Å². The number of aliphatic hydroxyl groups is 2. The van der Waals surface area contributed by atoms with Crippen molar-refractivity contribution in [3.05, 3.63) is 74.5 Å². The van der Waals surface area contributed by atoms with E-state index in [1.807, 2.05) is 0 Å². The quantitative estimate of drug-likeness (QED) is 0.216. The number of hydrogen-bond acceptors (Lipinski definition) is 9. The van der Waals surface area contributed by atoms with Crippen LogP contribution >= 0.6 is 11.3 Å². The first-order chi connectivity index (χ1) is 16.0. The van der Waals surface area contributed by atoms with E-state index < -0.39 is 64.5 Å². The highest BCUT2D eigenvalue weighted by atomic mass is 32.1. The maximum atomic E-state index is 13.1. The number of carbonyl (C=O) groups is 3. The highest BCUT2D eigenvalue weighted by Crippen LogP contribution is 2.52. The zero-order valence-corrected chi connectivity index (χ0v) is 18.6. The van der Waals surface area contributed by atoms with Crippen LogP contribution in [0, 0.1) is 0 Å². The molecule has 2 aliphatic rings. The van der Waals surface area contributed by atoms with Crippen molar-refractivity contribution in [3.63, 3.8) is 0 Å². The van der Waals surface area contributed by atoms with E-state index in [-0.39, 0.29) is 22.3 Å². The summed E-state index contributed by atoms with van der Waals surface area (Å²) in [7, 11) is 0. The molecule has 0 aliphatic heterocycles. The summed E-state index contributed by atoms with van der Waals surface area (Å²) in [4.78, 5) is 38.6. The molecule has 2 aromatic carbocycles. The fourth-order valence-corrected chi connectivity index (χ4v) is 5.39. The molecule has 9 nitrogen and oxygen atoms in total. The Morgan fingerprint density at radius 1 is 1.03 bits per heavy atom. The van der Waals surface area contributed by atoms with Gasteiger partial charge in [-0.3, -0.25) is 14.9 Å². The number of ketones is 2. The molecule has 10 heteroatoms. The smallest absolute Gasteiger partial charge is 0.414 e. The molecule has 174 valence electrons. The summed E-state index contributed by atoms with van der Waals surface area (Å²) >= 11 is 1.34. The van der Waals surface area contributed by atoms with Crippen molar-refractivity contribution < 1.29 is 39.5 Å². The van der Waals surface area contributed by atoms with Gasteiger partial charge in [0.1, 0.15) is 11.5 Å². The summed E-state index contributed by atoms with van der Waals surface area (Å²) in [6.45, 7) is 1.24. The first-order valence-corrected chi connectivity index (χ1v) is 11.2. The predicted octanol–water partition coefficient (Wildman–Crippen LogP) is 3.03. The summed E-state index contributed by atoms with van der Waals surface area (Å²) in [5.41, 5.74) is -2.71. The lowest BCUT2D eigenvalue weighted by molar-refractivity contribution is -0.201. The molecule has 5 rings (SSSR count). The van der Waals surface area contributed by atoms with E-state index in [0.717, 1.165) is 0 Å². The first kappa shape index (κ1) is 22.1. The SMILES string of the molecule is C[C@]1(O)C[C@](O)(OC(=O)Nc2ccsc2)Cc2c(O)c3c(c(O)c21)C(=O)c1ccccc1C3=O. The number of aromatic hydroxyl groups is 2. The second kappa shape index (κ2) is 7.39. The summed E-state index contributed by atoms with van der Waals surface area (Å²) in [6, 6.07) is 7.62. The average Bonchev–Trinajstić information content (AvgIpc) is 3.25. The molecule has 1 aromatic heterocycles. The lowest BCUT2D eigenvalue weighted by Gasteiger charge is -2.42. The van der Waals surface area contributed by atoms with Crippen molar-refractivity contribution in [2.45, 2.75) is 31.2 Å². The molecule has 1 heterocycles. The minimum absolute atomic E-state index is 0.0545. The van der Waals surface area contributed by atoms with Gasteiger partial charge in [-0.1, -0.05) is 24.3 Å². The van der Waals surface area contributed by atoms with E-state index in [2.05, 4.69) is 5.32 Å². The van der Waals surface area contributed by atoms with Crippen LogP contribution in [0.3, 0.4) is 0 Å². The summed E-state index contributed by atoms with van der Waals surface area (Å²) < 4.78 is 5.19. The van der Waals surface area contributed by atoms with Crippen LogP contribution in [-0.4, -0.2) is 43.9 Å². The summed E-state index contributed by atoms with van der Waals surface area (Å²) in [5.74, 6) is -4.98. The van der Waals surface area contributed by atoms with Gasteiger partial charge in [-0.2, -0.15) is 11.3 Å². The number of anilines is 1. The van der Waals surface area contributed by atoms with Crippen molar-refractivity contribution in [1.82, 2.24) is 0 Å². The Balaban J connectivity index is 1.61. The second-order valence-corrected chi connectivity index (χ2v) is 9.38. The van der Waals surface area contributed by atoms with Crippen LogP contribution in [0.2, 0.25) is 0 Å². The standard InChI is InChI=1S/C24H19NO8S/c1-23(31)10-24(32,33-22(30)25-11-6-7-34-9-11)8-14-17(23)21(29)16-15(20(14)28)18(26)12-4-2-3-5-13(12)19(16)27/h2-7,9,28-29,31-32H,8,10H2,1H3,(H,25,30)/t23-,24+/m0/s1. The Kier molecular flexibility index (Phi) is 4.80. The number of amides is 1. The van der Waals surface area contributed by atoms with E-state index in [9.17, 15) is 34.8 Å². The number of nitrogens with one attached hydrogen (secondary N) is 1. The van der Waals surface area contributed by atoms with Gasteiger partial charge >= 0.3 is 6.09 Å². The van der Waals surface area contributed by atoms with Gasteiger partial charge in [-0.15, -0.1) is 0 Å². The molecule has 2 aliphatic carbocycles. The minimum Gasteiger partial charge on any atom is -0.507 e. The highest BCUT2D eigenvalue weighted by Gasteiger charge is 2.51. The fraction of sp³-hybridized carbons (Fsp3) is 0.208. The molecule has 0 radical (unpaired) electrons. The number of thiophene rings is 1. The van der Waals surface area contributed by atoms with Crippen molar-refractivity contribution in [2.24, 2.45) is 0 Å². The maximum absolute atomic E-state index is 13.1. The molecular formula is C24H19NO8S. The molecule has 0 unspecified atom stereocenters. The van der Waals surface area contributed by atoms with Gasteiger partial charge in [0.2, 0.25) is 5.79 Å². The van der Waals surface area contributed by atoms with Gasteiger partial charge in [0.05, 0.1) is 22.4 Å². The molecule has 5 N–H and O–H groups in total. The van der Waals surface area contributed by atoms with Crippen LogP contribution in [-0.2, 0) is 16.8 Å². The summed E-state index contributed by atoms with van der Waals surface area (Å²) in [5, 5.41) is 50.1. The summed E-state index contributed by atoms with van der Waals surface area (Å²) in [6.07, 6.45) is -2.10. The zero-order valence-electron chi connectivity index (χ0n) is 17.8. The van der Waals surface area contributed by atoms with Crippen molar-refractivity contribution in [2.75, 3.05) is 5.32 Å². The highest BCUT2D eigenvalue weighted by molar-refractivity contribution is 7.08. The number of phenolic OH excluding ortho intramolecular Hbond substituents is 2. The van der Waals surface area contributed by atoms with Crippen molar-refractivity contribution in [3.8, 4) is 11.5 Å². The zero-order chi connectivity index (χ0) is 24.4. The van der Waals surface area contributed by atoms with E-state index in [1.165, 1.54) is 30.4 Å². The molecule has 0 spiro atoms. The number of hydrogen-bond donors (Lipinski definition) is 5. The molecule has 2 atom stereocenters. The molecule has 34 heavy (non-hydrogen) atoms. The third-order valence-corrected chi connectivity index (χ3v) is 6.76. The van der Waals surface area contributed by atoms with Crippen LogP contribution in [0.1, 0.15) is 56.3 Å². The Morgan fingerprint density at radius 3 is 2.24 bits per heavy atom. The normalized spacial score (nSPS) is 23.0. The Labute approximate surface area is 196 Å². The molecule has 0 saturated carbocycles. The van der Waals surface area contributed by atoms with E-state index in [0.29, 0.717) is 5.69 Å². The number of ether oxygens (including phenoxy) is 1. The topological polar surface area (TPSA) is 153 Å². The third kappa shape index (κ3) is 3.26. The number of rotatable bonds is 2. The van der Waals surface area contributed by atoms with Gasteiger partial charge < -0.3 is 25.2 Å². The maximum Gasteiger partial charge on any atom is 0.414 e. The van der Waals surface area contributed by atoms with Gasteiger partial charge in [0.25, 0.3) is 0 Å². The van der Waals surface area contributed by atoms with Crippen LogP contribution < -0.4 is 5.32 Å². The molecule has 0 fully saturated rings. The fourth-order valence-electron chi connectivity index (χ4n) is 4.81. The van der Waals surface area contributed by atoms with Crippen LogP contribution in [0.5, 0.6) is 11.5 Å². The molecular weight excluding hydrogens is 462 g/mol. The number of carbonyl (C=O) groups excluding carboxylic acids is 3. The second-order valence-electron chi connectivity index (χ2n) is 8.60. The Morgan fingerprint density at radius 2 is 1.65 bits per heavy atom. The lowest BCUT2D eigenvalue weighted by Crippen LogP contribution is -2.49. The molecule has 1 amide bonds. The average molecular weight is 481 g/mol. The number of benzene rings is 2. The monoisotopic (exact) mass is 481 g/mol. The van der Waals surface area contributed by atoms with Gasteiger partial charge in [-0.05, 0) is 18.4 Å². The van der Waals surface area contributed by atoms with E-state index in [1.54, 1.807) is 29.0 Å². The largest absolute Gasteiger partial charge is 0.507 e. The van der Waals surface area contributed by atoms with Gasteiger partial charge in [-0.25, -0.2) is 4.79 Å². The molecule has 0 saturated heterocycles.